The minimum absolute atomic E-state index is 0.193. The van der Waals surface area contributed by atoms with Gasteiger partial charge in [0.1, 0.15) is 6.54 Å². The molecule has 6 nitrogen and oxygen atoms in total. The SMILES string of the molecule is CCc1cccc(C[C@H](NC(=O)Cn2ccc3ccccc3c2=O)B(O)O)c1. The second-order valence-electron chi connectivity index (χ2n) is 6.80. The van der Waals surface area contributed by atoms with Crippen molar-refractivity contribution in [2.45, 2.75) is 32.3 Å². The Morgan fingerprint density at radius 1 is 1.11 bits per heavy atom. The van der Waals surface area contributed by atoms with Crippen LogP contribution in [-0.4, -0.2) is 33.6 Å². The molecule has 3 N–H and O–H groups in total. The average molecular weight is 378 g/mol. The van der Waals surface area contributed by atoms with E-state index in [1.165, 1.54) is 4.57 Å². The number of pyridine rings is 1. The monoisotopic (exact) mass is 378 g/mol. The van der Waals surface area contributed by atoms with Gasteiger partial charge >= 0.3 is 7.12 Å². The Morgan fingerprint density at radius 2 is 1.86 bits per heavy atom. The van der Waals surface area contributed by atoms with Gasteiger partial charge in [-0.1, -0.05) is 49.4 Å². The van der Waals surface area contributed by atoms with Crippen LogP contribution in [0.2, 0.25) is 0 Å². The van der Waals surface area contributed by atoms with Gasteiger partial charge in [0.15, 0.2) is 0 Å². The highest BCUT2D eigenvalue weighted by Gasteiger charge is 2.25. The molecule has 3 aromatic rings. The summed E-state index contributed by atoms with van der Waals surface area (Å²) in [5.41, 5.74) is 1.78. The Balaban J connectivity index is 1.72. The Bertz CT molecular complexity index is 1030. The van der Waals surface area contributed by atoms with Gasteiger partial charge in [0.05, 0.1) is 5.94 Å². The fraction of sp³-hybridized carbons (Fsp3) is 0.238. The molecule has 3 rings (SSSR count). The van der Waals surface area contributed by atoms with E-state index in [4.69, 9.17) is 0 Å². The van der Waals surface area contributed by atoms with Crippen molar-refractivity contribution in [2.75, 3.05) is 0 Å². The van der Waals surface area contributed by atoms with E-state index >= 15 is 0 Å². The summed E-state index contributed by atoms with van der Waals surface area (Å²) in [5, 5.41) is 23.3. The number of rotatable bonds is 7. The summed E-state index contributed by atoms with van der Waals surface area (Å²) in [7, 11) is -1.71. The second-order valence-corrected chi connectivity index (χ2v) is 6.80. The number of fused-ring (bicyclic) bond motifs is 1. The minimum Gasteiger partial charge on any atom is -0.426 e. The molecule has 1 atom stereocenters. The summed E-state index contributed by atoms with van der Waals surface area (Å²) in [6.45, 7) is 1.85. The maximum atomic E-state index is 12.5. The summed E-state index contributed by atoms with van der Waals surface area (Å²) in [6, 6.07) is 16.7. The first kappa shape index (κ1) is 19.9. The Kier molecular flexibility index (Phi) is 6.28. The van der Waals surface area contributed by atoms with Crippen LogP contribution >= 0.6 is 0 Å². The lowest BCUT2D eigenvalue weighted by Gasteiger charge is -2.19. The number of carbonyl (C=O) groups is 1. The molecule has 0 fully saturated rings. The molecule has 7 heteroatoms. The normalized spacial score (nSPS) is 12.0. The molecule has 0 saturated heterocycles. The van der Waals surface area contributed by atoms with E-state index in [0.717, 1.165) is 22.9 Å². The highest BCUT2D eigenvalue weighted by molar-refractivity contribution is 6.43. The molecule has 0 aliphatic carbocycles. The molecular weight excluding hydrogens is 355 g/mol. The molecule has 144 valence electrons. The van der Waals surface area contributed by atoms with Crippen LogP contribution in [0, 0.1) is 0 Å². The number of carbonyl (C=O) groups excluding carboxylic acids is 1. The van der Waals surface area contributed by atoms with Crippen LogP contribution in [-0.2, 0) is 24.2 Å². The minimum atomic E-state index is -1.71. The molecule has 0 saturated carbocycles. The van der Waals surface area contributed by atoms with Crippen molar-refractivity contribution < 1.29 is 14.8 Å². The smallest absolute Gasteiger partial charge is 0.426 e. The predicted molar refractivity (Wildman–Crippen MR) is 110 cm³/mol. The second kappa shape index (κ2) is 8.86. The third-order valence-electron chi connectivity index (χ3n) is 4.76. The number of amides is 1. The van der Waals surface area contributed by atoms with E-state index in [0.29, 0.717) is 5.39 Å². The molecule has 0 bridgehead atoms. The number of nitrogens with zero attached hydrogens (tertiary/aromatic N) is 1. The molecule has 1 heterocycles. The lowest BCUT2D eigenvalue weighted by molar-refractivity contribution is -0.122. The van der Waals surface area contributed by atoms with Crippen LogP contribution in [0.5, 0.6) is 0 Å². The maximum Gasteiger partial charge on any atom is 0.475 e. The standard InChI is InChI=1S/C21H23BN2O4/c1-2-15-6-5-7-16(12-15)13-19(22(27)28)23-20(25)14-24-11-10-17-8-3-4-9-18(17)21(24)26/h3-12,19,27-28H,2,13-14H2,1H3,(H,23,25)/t19-/m0/s1. The van der Waals surface area contributed by atoms with E-state index in [2.05, 4.69) is 5.32 Å². The first-order valence-electron chi connectivity index (χ1n) is 9.29. The molecule has 0 spiro atoms. The summed E-state index contributed by atoms with van der Waals surface area (Å²) < 4.78 is 1.32. The number of hydrogen-bond donors (Lipinski definition) is 3. The Morgan fingerprint density at radius 3 is 2.61 bits per heavy atom. The van der Waals surface area contributed by atoms with Crippen molar-refractivity contribution >= 4 is 23.8 Å². The number of nitrogens with one attached hydrogen (secondary N) is 1. The van der Waals surface area contributed by atoms with E-state index in [1.807, 2.05) is 43.3 Å². The van der Waals surface area contributed by atoms with E-state index < -0.39 is 19.0 Å². The third kappa shape index (κ3) is 4.68. The zero-order chi connectivity index (χ0) is 20.1. The van der Waals surface area contributed by atoms with Gasteiger partial charge in [-0.05, 0) is 41.5 Å². The molecule has 0 unspecified atom stereocenters. The fourth-order valence-electron chi connectivity index (χ4n) is 3.22. The average Bonchev–Trinajstić information content (AvgIpc) is 2.70. The van der Waals surface area contributed by atoms with E-state index in [1.54, 1.807) is 24.4 Å². The van der Waals surface area contributed by atoms with Crippen LogP contribution in [0.1, 0.15) is 18.1 Å². The lowest BCUT2D eigenvalue weighted by atomic mass is 9.75. The van der Waals surface area contributed by atoms with Crippen molar-refractivity contribution in [3.05, 3.63) is 82.3 Å². The summed E-state index contributed by atoms with van der Waals surface area (Å²) in [4.78, 5) is 25.0. The zero-order valence-electron chi connectivity index (χ0n) is 15.7. The lowest BCUT2D eigenvalue weighted by Crippen LogP contribution is -2.49. The summed E-state index contributed by atoms with van der Waals surface area (Å²) in [5.74, 6) is -1.32. The van der Waals surface area contributed by atoms with Crippen molar-refractivity contribution in [3.8, 4) is 0 Å². The first-order valence-corrected chi connectivity index (χ1v) is 9.29. The quantitative estimate of drug-likeness (QED) is 0.541. The maximum absolute atomic E-state index is 12.5. The highest BCUT2D eigenvalue weighted by Crippen LogP contribution is 2.10. The van der Waals surface area contributed by atoms with Crippen molar-refractivity contribution in [1.29, 1.82) is 0 Å². The summed E-state index contributed by atoms with van der Waals surface area (Å²) >= 11 is 0. The Hall–Kier alpha value is -2.90. The number of aryl methyl sites for hydroxylation is 1. The van der Waals surface area contributed by atoms with Gasteiger partial charge in [0, 0.05) is 11.6 Å². The topological polar surface area (TPSA) is 91.6 Å². The third-order valence-corrected chi connectivity index (χ3v) is 4.76. The highest BCUT2D eigenvalue weighted by atomic mass is 16.4. The number of aromatic nitrogens is 1. The van der Waals surface area contributed by atoms with Crippen LogP contribution in [0.3, 0.4) is 0 Å². The predicted octanol–water partition coefficient (Wildman–Crippen LogP) is 1.30. The number of benzene rings is 2. The summed E-state index contributed by atoms with van der Waals surface area (Å²) in [6.07, 6.45) is 2.72. The van der Waals surface area contributed by atoms with Crippen molar-refractivity contribution in [3.63, 3.8) is 0 Å². The van der Waals surface area contributed by atoms with Gasteiger partial charge in [0.25, 0.3) is 5.56 Å². The van der Waals surface area contributed by atoms with E-state index in [9.17, 15) is 19.6 Å². The molecule has 0 radical (unpaired) electrons. The molecule has 1 amide bonds. The molecular formula is C21H23BN2O4. The molecule has 28 heavy (non-hydrogen) atoms. The van der Waals surface area contributed by atoms with E-state index in [-0.39, 0.29) is 18.5 Å². The van der Waals surface area contributed by atoms with Gasteiger partial charge in [-0.3, -0.25) is 9.59 Å². The molecule has 1 aromatic heterocycles. The molecule has 0 aliphatic heterocycles. The molecule has 2 aromatic carbocycles. The van der Waals surface area contributed by atoms with Crippen molar-refractivity contribution in [2.24, 2.45) is 0 Å². The van der Waals surface area contributed by atoms with Crippen LogP contribution < -0.4 is 10.9 Å². The van der Waals surface area contributed by atoms with Crippen LogP contribution in [0.25, 0.3) is 10.8 Å². The Labute approximate surface area is 163 Å². The number of hydrogen-bond acceptors (Lipinski definition) is 4. The largest absolute Gasteiger partial charge is 0.475 e. The van der Waals surface area contributed by atoms with Crippen LogP contribution in [0.15, 0.2) is 65.6 Å². The molecule has 0 aliphatic rings. The van der Waals surface area contributed by atoms with Crippen LogP contribution in [0.4, 0.5) is 0 Å². The van der Waals surface area contributed by atoms with Gasteiger partial charge in [0.2, 0.25) is 5.91 Å². The van der Waals surface area contributed by atoms with Gasteiger partial charge in [-0.2, -0.15) is 0 Å². The van der Waals surface area contributed by atoms with Gasteiger partial charge in [-0.25, -0.2) is 0 Å². The van der Waals surface area contributed by atoms with Gasteiger partial charge < -0.3 is 19.9 Å². The fourth-order valence-corrected chi connectivity index (χ4v) is 3.22. The van der Waals surface area contributed by atoms with Crippen molar-refractivity contribution in [1.82, 2.24) is 9.88 Å². The zero-order valence-corrected chi connectivity index (χ0v) is 15.7. The first-order chi connectivity index (χ1) is 13.5. The van der Waals surface area contributed by atoms with Gasteiger partial charge in [-0.15, -0.1) is 0 Å².